The summed E-state index contributed by atoms with van der Waals surface area (Å²) in [7, 11) is 0. The monoisotopic (exact) mass is 383 g/mol. The summed E-state index contributed by atoms with van der Waals surface area (Å²) in [6.07, 6.45) is 5.03. The Labute approximate surface area is 164 Å². The van der Waals surface area contributed by atoms with Gasteiger partial charge in [0.15, 0.2) is 0 Å². The van der Waals surface area contributed by atoms with Gasteiger partial charge in [-0.15, -0.1) is 0 Å². The molecule has 2 saturated heterocycles. The third-order valence-electron chi connectivity index (χ3n) is 5.82. The van der Waals surface area contributed by atoms with Crippen molar-refractivity contribution in [3.63, 3.8) is 0 Å². The van der Waals surface area contributed by atoms with E-state index in [0.29, 0.717) is 31.7 Å². The number of hydrogen-bond donors (Lipinski definition) is 1. The molecule has 0 unspecified atom stereocenters. The minimum atomic E-state index is -0.844. The van der Waals surface area contributed by atoms with E-state index in [9.17, 15) is 14.4 Å². The number of amides is 3. The molecule has 0 radical (unpaired) electrons. The van der Waals surface area contributed by atoms with Crippen molar-refractivity contribution in [2.45, 2.75) is 25.8 Å². The number of fused-ring (bicyclic) bond motifs is 1. The maximum atomic E-state index is 12.9. The van der Waals surface area contributed by atoms with Gasteiger partial charge >= 0.3 is 0 Å². The van der Waals surface area contributed by atoms with Crippen LogP contribution in [0.1, 0.15) is 19.8 Å². The topological polar surface area (TPSA) is 79.0 Å². The van der Waals surface area contributed by atoms with Crippen molar-refractivity contribution in [1.29, 1.82) is 0 Å². The highest BCUT2D eigenvalue weighted by molar-refractivity contribution is 6.10. The van der Waals surface area contributed by atoms with Crippen LogP contribution in [0.15, 0.2) is 36.4 Å². The molecular weight excluding hydrogens is 358 g/mol. The molecule has 1 aliphatic carbocycles. The van der Waals surface area contributed by atoms with Gasteiger partial charge < -0.3 is 15.0 Å². The molecule has 7 heteroatoms. The zero-order valence-electron chi connectivity index (χ0n) is 16.0. The molecule has 0 aromatic heterocycles. The van der Waals surface area contributed by atoms with E-state index in [1.807, 2.05) is 36.4 Å². The lowest BCUT2D eigenvalue weighted by Gasteiger charge is -2.31. The predicted molar refractivity (Wildman–Crippen MR) is 105 cm³/mol. The molecular formula is C21H25N3O4. The fourth-order valence-corrected chi connectivity index (χ4v) is 4.22. The van der Waals surface area contributed by atoms with Crippen LogP contribution in [-0.4, -0.2) is 55.0 Å². The summed E-state index contributed by atoms with van der Waals surface area (Å²) in [6.45, 7) is 4.41. The Morgan fingerprint density at radius 3 is 2.32 bits per heavy atom. The van der Waals surface area contributed by atoms with Crippen molar-refractivity contribution in [2.75, 3.05) is 36.5 Å². The summed E-state index contributed by atoms with van der Waals surface area (Å²) < 4.78 is 5.40. The number of carbonyl (C=O) groups is 3. The summed E-state index contributed by atoms with van der Waals surface area (Å²) in [6, 6.07) is 6.74. The SMILES string of the molecule is C[C@@H](C(=O)Nc1ccccc1N1CCOCC1)N1C(=O)[C@H]2CC=CC[C@@H]2C1=O. The number of anilines is 2. The number of imide groups is 1. The van der Waals surface area contributed by atoms with Crippen molar-refractivity contribution >= 4 is 29.1 Å². The molecule has 1 aromatic carbocycles. The molecule has 7 nitrogen and oxygen atoms in total. The minimum absolute atomic E-state index is 0.233. The van der Waals surface area contributed by atoms with Gasteiger partial charge in [0, 0.05) is 13.1 Å². The summed E-state index contributed by atoms with van der Waals surface area (Å²) in [4.78, 5) is 41.7. The van der Waals surface area contributed by atoms with Crippen LogP contribution in [0.5, 0.6) is 0 Å². The van der Waals surface area contributed by atoms with Crippen molar-refractivity contribution in [3.8, 4) is 0 Å². The molecule has 28 heavy (non-hydrogen) atoms. The molecule has 1 N–H and O–H groups in total. The van der Waals surface area contributed by atoms with Crippen molar-refractivity contribution in [2.24, 2.45) is 11.8 Å². The Morgan fingerprint density at radius 1 is 1.07 bits per heavy atom. The maximum Gasteiger partial charge on any atom is 0.247 e. The van der Waals surface area contributed by atoms with Crippen LogP contribution < -0.4 is 10.2 Å². The van der Waals surface area contributed by atoms with E-state index in [4.69, 9.17) is 4.74 Å². The molecule has 2 aliphatic heterocycles. The molecule has 3 atom stereocenters. The summed E-state index contributed by atoms with van der Waals surface area (Å²) in [5.41, 5.74) is 1.60. The van der Waals surface area contributed by atoms with E-state index in [-0.39, 0.29) is 29.6 Å². The van der Waals surface area contributed by atoms with Crippen LogP contribution in [0.25, 0.3) is 0 Å². The normalized spacial score (nSPS) is 25.6. The van der Waals surface area contributed by atoms with E-state index in [2.05, 4.69) is 10.2 Å². The Hall–Kier alpha value is -2.67. The third-order valence-corrected chi connectivity index (χ3v) is 5.82. The highest BCUT2D eigenvalue weighted by Gasteiger charge is 2.50. The smallest absolute Gasteiger partial charge is 0.247 e. The predicted octanol–water partition coefficient (Wildman–Crippen LogP) is 1.80. The van der Waals surface area contributed by atoms with E-state index in [1.165, 1.54) is 0 Å². The molecule has 3 amide bonds. The number of morpholine rings is 1. The summed E-state index contributed by atoms with van der Waals surface area (Å²) in [5, 5.41) is 2.92. The highest BCUT2D eigenvalue weighted by Crippen LogP contribution is 2.36. The number of likely N-dealkylation sites (tertiary alicyclic amines) is 1. The van der Waals surface area contributed by atoms with Crippen LogP contribution in [0, 0.1) is 11.8 Å². The molecule has 3 aliphatic rings. The third kappa shape index (κ3) is 3.30. The van der Waals surface area contributed by atoms with Crippen LogP contribution in [0.4, 0.5) is 11.4 Å². The van der Waals surface area contributed by atoms with Gasteiger partial charge in [-0.3, -0.25) is 19.3 Å². The largest absolute Gasteiger partial charge is 0.378 e. The standard InChI is InChI=1S/C21H25N3O4/c1-14(24-20(26)15-6-2-3-7-16(15)21(24)27)19(25)22-17-8-4-5-9-18(17)23-10-12-28-13-11-23/h2-5,8-9,14-16H,6-7,10-13H2,1H3,(H,22,25)/t14-,15-,16-/m0/s1. The summed E-state index contributed by atoms with van der Waals surface area (Å²) in [5.74, 6) is -1.47. The fourth-order valence-electron chi connectivity index (χ4n) is 4.22. The molecule has 0 bridgehead atoms. The van der Waals surface area contributed by atoms with Gasteiger partial charge in [0.05, 0.1) is 36.4 Å². The van der Waals surface area contributed by atoms with Gasteiger partial charge in [-0.2, -0.15) is 0 Å². The lowest BCUT2D eigenvalue weighted by molar-refractivity contribution is -0.146. The number of nitrogens with zero attached hydrogens (tertiary/aromatic N) is 2. The van der Waals surface area contributed by atoms with Crippen molar-refractivity contribution < 1.29 is 19.1 Å². The average Bonchev–Trinajstić information content (AvgIpc) is 2.99. The second-order valence-electron chi connectivity index (χ2n) is 7.48. The molecule has 2 heterocycles. The Balaban J connectivity index is 1.50. The highest BCUT2D eigenvalue weighted by atomic mass is 16.5. The Bertz CT molecular complexity index is 790. The first kappa shape index (κ1) is 18.7. The Morgan fingerprint density at radius 2 is 1.68 bits per heavy atom. The summed E-state index contributed by atoms with van der Waals surface area (Å²) >= 11 is 0. The van der Waals surface area contributed by atoms with E-state index < -0.39 is 6.04 Å². The number of rotatable bonds is 4. The van der Waals surface area contributed by atoms with E-state index >= 15 is 0 Å². The molecule has 4 rings (SSSR count). The fraction of sp³-hybridized carbons (Fsp3) is 0.476. The number of para-hydroxylation sites is 2. The lowest BCUT2D eigenvalue weighted by Crippen LogP contribution is -2.46. The first-order valence-electron chi connectivity index (χ1n) is 9.82. The van der Waals surface area contributed by atoms with Gasteiger partial charge in [-0.05, 0) is 31.9 Å². The number of benzene rings is 1. The first-order chi connectivity index (χ1) is 13.6. The zero-order valence-corrected chi connectivity index (χ0v) is 16.0. The van der Waals surface area contributed by atoms with Gasteiger partial charge in [-0.25, -0.2) is 0 Å². The quantitative estimate of drug-likeness (QED) is 0.634. The maximum absolute atomic E-state index is 12.9. The average molecular weight is 383 g/mol. The van der Waals surface area contributed by atoms with Crippen LogP contribution in [0.3, 0.4) is 0 Å². The van der Waals surface area contributed by atoms with E-state index in [0.717, 1.165) is 23.7 Å². The molecule has 148 valence electrons. The Kier molecular flexibility index (Phi) is 5.17. The van der Waals surface area contributed by atoms with Crippen molar-refractivity contribution in [1.82, 2.24) is 4.90 Å². The molecule has 2 fully saturated rings. The van der Waals surface area contributed by atoms with Crippen molar-refractivity contribution in [3.05, 3.63) is 36.4 Å². The number of ether oxygens (including phenoxy) is 1. The van der Waals surface area contributed by atoms with Crippen LogP contribution in [0.2, 0.25) is 0 Å². The second-order valence-corrected chi connectivity index (χ2v) is 7.48. The number of hydrogen-bond acceptors (Lipinski definition) is 5. The first-order valence-corrected chi connectivity index (χ1v) is 9.82. The molecule has 1 aromatic rings. The molecule has 0 saturated carbocycles. The van der Waals surface area contributed by atoms with Gasteiger partial charge in [0.25, 0.3) is 0 Å². The van der Waals surface area contributed by atoms with E-state index in [1.54, 1.807) is 6.92 Å². The number of nitrogens with one attached hydrogen (secondary N) is 1. The molecule has 0 spiro atoms. The van der Waals surface area contributed by atoms with Gasteiger partial charge in [-0.1, -0.05) is 24.3 Å². The van der Waals surface area contributed by atoms with Gasteiger partial charge in [0.2, 0.25) is 17.7 Å². The van der Waals surface area contributed by atoms with Crippen LogP contribution >= 0.6 is 0 Å². The zero-order chi connectivity index (χ0) is 19.7. The lowest BCUT2D eigenvalue weighted by atomic mass is 9.85. The van der Waals surface area contributed by atoms with Gasteiger partial charge in [0.1, 0.15) is 6.04 Å². The van der Waals surface area contributed by atoms with Crippen LogP contribution in [-0.2, 0) is 19.1 Å². The second kappa shape index (κ2) is 7.75. The number of carbonyl (C=O) groups excluding carboxylic acids is 3. The number of allylic oxidation sites excluding steroid dienone is 2. The minimum Gasteiger partial charge on any atom is -0.378 e.